The van der Waals surface area contributed by atoms with Gasteiger partial charge in [-0.1, -0.05) is 42.5 Å². The zero-order valence-corrected chi connectivity index (χ0v) is 17.1. The van der Waals surface area contributed by atoms with Crippen LogP contribution >= 0.6 is 0 Å². The van der Waals surface area contributed by atoms with Crippen molar-refractivity contribution in [1.82, 2.24) is 9.88 Å². The third-order valence-electron chi connectivity index (χ3n) is 5.34. The molecule has 7 nitrogen and oxygen atoms in total. The number of nitrogens with two attached hydrogens (primary N) is 1. The molecule has 1 amide bonds. The van der Waals surface area contributed by atoms with E-state index in [9.17, 15) is 4.79 Å². The van der Waals surface area contributed by atoms with Crippen LogP contribution in [0.1, 0.15) is 17.2 Å². The number of anilines is 1. The highest BCUT2D eigenvalue weighted by molar-refractivity contribution is 5.95. The first-order valence-corrected chi connectivity index (χ1v) is 10.2. The smallest absolute Gasteiger partial charge is 0.268 e. The predicted molar refractivity (Wildman–Crippen MR) is 120 cm³/mol. The van der Waals surface area contributed by atoms with Gasteiger partial charge in [-0.15, -0.1) is 0 Å². The molecule has 0 saturated carbocycles. The summed E-state index contributed by atoms with van der Waals surface area (Å²) in [6.07, 6.45) is 2.79. The van der Waals surface area contributed by atoms with Crippen LogP contribution in [0, 0.1) is 5.41 Å². The molecule has 0 spiro atoms. The lowest BCUT2D eigenvalue weighted by Gasteiger charge is -2.37. The van der Waals surface area contributed by atoms with Crippen LogP contribution in [-0.4, -0.2) is 47.8 Å². The van der Waals surface area contributed by atoms with Crippen LogP contribution in [0.5, 0.6) is 5.75 Å². The van der Waals surface area contributed by atoms with Gasteiger partial charge in [0.1, 0.15) is 11.6 Å². The molecule has 0 radical (unpaired) electrons. The van der Waals surface area contributed by atoms with E-state index >= 15 is 0 Å². The van der Waals surface area contributed by atoms with Gasteiger partial charge in [-0.05, 0) is 24.3 Å². The highest BCUT2D eigenvalue weighted by Gasteiger charge is 2.30. The number of nitrogen functional groups attached to an aromatic ring is 1. The molecule has 1 aromatic heterocycles. The van der Waals surface area contributed by atoms with Crippen molar-refractivity contribution < 1.29 is 9.53 Å². The molecule has 0 aliphatic carbocycles. The lowest BCUT2D eigenvalue weighted by molar-refractivity contribution is -0.139. The zero-order chi connectivity index (χ0) is 21.6. The topological polar surface area (TPSA) is 95.5 Å². The number of amides is 1. The third kappa shape index (κ3) is 4.83. The summed E-state index contributed by atoms with van der Waals surface area (Å²) in [7, 11) is 0. The molecule has 0 bridgehead atoms. The Morgan fingerprint density at radius 2 is 1.68 bits per heavy atom. The van der Waals surface area contributed by atoms with Gasteiger partial charge in [-0.2, -0.15) is 0 Å². The number of hydrogen-bond donors (Lipinski definition) is 2. The van der Waals surface area contributed by atoms with Gasteiger partial charge in [0, 0.05) is 55.4 Å². The molecular formula is C24H25N5O2. The van der Waals surface area contributed by atoms with Crippen LogP contribution in [-0.2, 0) is 4.79 Å². The van der Waals surface area contributed by atoms with Gasteiger partial charge in [-0.25, -0.2) is 0 Å². The molecule has 158 valence electrons. The summed E-state index contributed by atoms with van der Waals surface area (Å²) in [5.41, 5.74) is 8.06. The second-order valence-electron chi connectivity index (χ2n) is 7.37. The Morgan fingerprint density at radius 1 is 0.968 bits per heavy atom. The van der Waals surface area contributed by atoms with E-state index in [-0.39, 0.29) is 11.7 Å². The summed E-state index contributed by atoms with van der Waals surface area (Å²) in [6, 6.07) is 20.4. The van der Waals surface area contributed by atoms with Crippen molar-refractivity contribution in [3.63, 3.8) is 0 Å². The van der Waals surface area contributed by atoms with E-state index in [0.29, 0.717) is 24.4 Å². The Labute approximate surface area is 181 Å². The molecule has 1 aliphatic heterocycles. The van der Waals surface area contributed by atoms with Gasteiger partial charge in [-0.3, -0.25) is 15.2 Å². The number of nitrogens with zero attached hydrogens (tertiary/aromatic N) is 3. The summed E-state index contributed by atoms with van der Waals surface area (Å²) < 4.78 is 6.15. The van der Waals surface area contributed by atoms with E-state index in [1.807, 2.05) is 47.4 Å². The number of aromatic nitrogens is 1. The van der Waals surface area contributed by atoms with Crippen LogP contribution in [0.25, 0.3) is 0 Å². The third-order valence-corrected chi connectivity index (χ3v) is 5.34. The SMILES string of the molecule is N=C(N)c1cccc(OC(C(=O)N2CCN(c3ccncc3)CC2)c2ccccc2)c1. The number of pyridine rings is 1. The Bertz CT molecular complexity index is 1030. The van der Waals surface area contributed by atoms with E-state index in [1.54, 1.807) is 36.7 Å². The van der Waals surface area contributed by atoms with E-state index in [1.165, 1.54) is 0 Å². The number of rotatable bonds is 6. The van der Waals surface area contributed by atoms with Gasteiger partial charge in [0.2, 0.25) is 6.10 Å². The minimum absolute atomic E-state index is 0.0414. The van der Waals surface area contributed by atoms with Crippen molar-refractivity contribution in [2.75, 3.05) is 31.1 Å². The molecule has 3 N–H and O–H groups in total. The normalized spacial score (nSPS) is 14.7. The van der Waals surface area contributed by atoms with Crippen LogP contribution in [0.15, 0.2) is 79.1 Å². The summed E-state index contributed by atoms with van der Waals surface area (Å²) in [5, 5.41) is 7.65. The second kappa shape index (κ2) is 9.30. The first-order valence-electron chi connectivity index (χ1n) is 10.2. The maximum absolute atomic E-state index is 13.5. The lowest BCUT2D eigenvalue weighted by Crippen LogP contribution is -2.50. The van der Waals surface area contributed by atoms with Crippen molar-refractivity contribution in [2.45, 2.75) is 6.10 Å². The highest BCUT2D eigenvalue weighted by atomic mass is 16.5. The standard InChI is InChI=1S/C24H25N5O2/c25-23(26)19-7-4-8-21(17-19)31-22(18-5-2-1-3-6-18)24(30)29-15-13-28(14-16-29)20-9-11-27-12-10-20/h1-12,17,22H,13-16H2,(H3,25,26). The maximum Gasteiger partial charge on any atom is 0.268 e. The van der Waals surface area contributed by atoms with Gasteiger partial charge < -0.3 is 20.3 Å². The van der Waals surface area contributed by atoms with Crippen molar-refractivity contribution in [3.8, 4) is 5.75 Å². The molecular weight excluding hydrogens is 390 g/mol. The fraction of sp³-hybridized carbons (Fsp3) is 0.208. The van der Waals surface area contributed by atoms with Crippen LogP contribution < -0.4 is 15.4 Å². The first kappa shape index (κ1) is 20.4. The van der Waals surface area contributed by atoms with Gasteiger partial charge in [0.05, 0.1) is 0 Å². The monoisotopic (exact) mass is 415 g/mol. The van der Waals surface area contributed by atoms with Crippen molar-refractivity contribution in [3.05, 3.63) is 90.3 Å². The fourth-order valence-electron chi connectivity index (χ4n) is 3.67. The summed E-state index contributed by atoms with van der Waals surface area (Å²) in [5.74, 6) is 0.388. The van der Waals surface area contributed by atoms with Gasteiger partial charge in [0.15, 0.2) is 0 Å². The Morgan fingerprint density at radius 3 is 2.35 bits per heavy atom. The second-order valence-corrected chi connectivity index (χ2v) is 7.37. The Balaban J connectivity index is 1.51. The molecule has 1 fully saturated rings. The molecule has 1 unspecified atom stereocenters. The lowest BCUT2D eigenvalue weighted by atomic mass is 10.1. The van der Waals surface area contributed by atoms with Crippen molar-refractivity contribution in [2.24, 2.45) is 5.73 Å². The number of benzene rings is 2. The van der Waals surface area contributed by atoms with Crippen LogP contribution in [0.3, 0.4) is 0 Å². The number of carbonyl (C=O) groups excluding carboxylic acids is 1. The van der Waals surface area contributed by atoms with Crippen LogP contribution in [0.4, 0.5) is 5.69 Å². The average Bonchev–Trinajstić information content (AvgIpc) is 2.83. The predicted octanol–water partition coefficient (Wildman–Crippen LogP) is 2.83. The van der Waals surface area contributed by atoms with E-state index in [4.69, 9.17) is 15.9 Å². The number of piperazine rings is 1. The number of amidine groups is 1. The molecule has 1 atom stereocenters. The summed E-state index contributed by atoms with van der Waals surface area (Å²) in [6.45, 7) is 2.72. The van der Waals surface area contributed by atoms with Crippen molar-refractivity contribution >= 4 is 17.4 Å². The zero-order valence-electron chi connectivity index (χ0n) is 17.1. The molecule has 7 heteroatoms. The minimum Gasteiger partial charge on any atom is -0.476 e. The minimum atomic E-state index is -0.768. The van der Waals surface area contributed by atoms with E-state index < -0.39 is 6.10 Å². The van der Waals surface area contributed by atoms with E-state index in [0.717, 1.165) is 24.3 Å². The molecule has 4 rings (SSSR count). The Kier molecular flexibility index (Phi) is 6.12. The van der Waals surface area contributed by atoms with Gasteiger partial charge in [0.25, 0.3) is 5.91 Å². The van der Waals surface area contributed by atoms with Crippen molar-refractivity contribution in [1.29, 1.82) is 5.41 Å². The number of ether oxygens (including phenoxy) is 1. The molecule has 1 saturated heterocycles. The molecule has 2 aromatic carbocycles. The summed E-state index contributed by atoms with van der Waals surface area (Å²) >= 11 is 0. The largest absolute Gasteiger partial charge is 0.476 e. The number of nitrogens with one attached hydrogen (secondary N) is 1. The van der Waals surface area contributed by atoms with Crippen LogP contribution in [0.2, 0.25) is 0 Å². The fourth-order valence-corrected chi connectivity index (χ4v) is 3.67. The average molecular weight is 415 g/mol. The Hall–Kier alpha value is -3.87. The maximum atomic E-state index is 13.5. The molecule has 1 aliphatic rings. The van der Waals surface area contributed by atoms with Gasteiger partial charge >= 0.3 is 0 Å². The molecule has 2 heterocycles. The summed E-state index contributed by atoms with van der Waals surface area (Å²) in [4.78, 5) is 21.6. The molecule has 31 heavy (non-hydrogen) atoms. The molecule has 3 aromatic rings. The highest BCUT2D eigenvalue weighted by Crippen LogP contribution is 2.26. The number of hydrogen-bond acceptors (Lipinski definition) is 5. The number of carbonyl (C=O) groups is 1. The first-order chi connectivity index (χ1) is 15.1. The quantitative estimate of drug-likeness (QED) is 0.477. The van der Waals surface area contributed by atoms with E-state index in [2.05, 4.69) is 9.88 Å².